The molecule has 1 fully saturated rings. The van der Waals surface area contributed by atoms with Gasteiger partial charge in [-0.1, -0.05) is 54.6 Å². The van der Waals surface area contributed by atoms with Crippen molar-refractivity contribution >= 4 is 26.7 Å². The van der Waals surface area contributed by atoms with Gasteiger partial charge in [-0.3, -0.25) is 4.79 Å². The van der Waals surface area contributed by atoms with Crippen LogP contribution in [0.3, 0.4) is 0 Å². The molecule has 0 saturated carbocycles. The summed E-state index contributed by atoms with van der Waals surface area (Å²) < 4.78 is 27.3. The fraction of sp³-hybridized carbons (Fsp3) is 0.217. The highest BCUT2D eigenvalue weighted by atomic mass is 32.2. The predicted octanol–water partition coefficient (Wildman–Crippen LogP) is 2.79. The molecule has 0 N–H and O–H groups in total. The SMILES string of the molecule is N#Cc1ccccc1S(=O)(=O)N1CCN(C(=O)Cc2cccc3ccccc23)CC1. The zero-order valence-electron chi connectivity index (χ0n) is 16.4. The molecule has 4 rings (SSSR count). The number of nitriles is 1. The molecule has 6 nitrogen and oxygen atoms in total. The number of fused-ring (bicyclic) bond motifs is 1. The van der Waals surface area contributed by atoms with Crippen molar-refractivity contribution in [1.29, 1.82) is 5.26 Å². The maximum atomic E-state index is 13.0. The summed E-state index contributed by atoms with van der Waals surface area (Å²) in [6, 6.07) is 22.0. The van der Waals surface area contributed by atoms with Gasteiger partial charge in [-0.25, -0.2) is 8.42 Å². The quantitative estimate of drug-likeness (QED) is 0.651. The summed E-state index contributed by atoms with van der Waals surface area (Å²) in [7, 11) is -3.77. The Labute approximate surface area is 176 Å². The van der Waals surface area contributed by atoms with Crippen molar-refractivity contribution in [3.63, 3.8) is 0 Å². The molecule has 3 aromatic rings. The van der Waals surface area contributed by atoms with Crippen LogP contribution in [0.4, 0.5) is 0 Å². The molecule has 1 heterocycles. The summed E-state index contributed by atoms with van der Waals surface area (Å²) in [5, 5.41) is 11.4. The Kier molecular flexibility index (Phi) is 5.53. The first kappa shape index (κ1) is 20.1. The molecular weight excluding hydrogens is 398 g/mol. The van der Waals surface area contributed by atoms with Gasteiger partial charge in [-0.15, -0.1) is 0 Å². The Bertz CT molecular complexity index is 1230. The van der Waals surface area contributed by atoms with Crippen molar-refractivity contribution in [2.75, 3.05) is 26.2 Å². The zero-order chi connectivity index (χ0) is 21.1. The number of hydrogen-bond donors (Lipinski definition) is 0. The van der Waals surface area contributed by atoms with Crippen molar-refractivity contribution in [1.82, 2.24) is 9.21 Å². The van der Waals surface area contributed by atoms with Crippen LogP contribution in [0.25, 0.3) is 10.8 Å². The van der Waals surface area contributed by atoms with E-state index in [0.29, 0.717) is 13.1 Å². The van der Waals surface area contributed by atoms with E-state index in [0.717, 1.165) is 16.3 Å². The topological polar surface area (TPSA) is 81.5 Å². The normalized spacial score (nSPS) is 15.1. The Hall–Kier alpha value is -3.21. The molecule has 0 atom stereocenters. The molecule has 1 amide bonds. The molecule has 1 saturated heterocycles. The molecular formula is C23H21N3O3S. The molecule has 3 aromatic carbocycles. The van der Waals surface area contributed by atoms with E-state index in [-0.39, 0.29) is 35.9 Å². The van der Waals surface area contributed by atoms with Crippen molar-refractivity contribution in [3.05, 3.63) is 77.9 Å². The van der Waals surface area contributed by atoms with E-state index in [9.17, 15) is 18.5 Å². The average molecular weight is 420 g/mol. The van der Waals surface area contributed by atoms with Crippen molar-refractivity contribution in [2.45, 2.75) is 11.3 Å². The molecule has 0 radical (unpaired) electrons. The van der Waals surface area contributed by atoms with Crippen molar-refractivity contribution in [2.24, 2.45) is 0 Å². The van der Waals surface area contributed by atoms with Crippen LogP contribution >= 0.6 is 0 Å². The maximum absolute atomic E-state index is 13.0. The van der Waals surface area contributed by atoms with Gasteiger partial charge in [0.1, 0.15) is 6.07 Å². The van der Waals surface area contributed by atoms with Gasteiger partial charge in [0.2, 0.25) is 15.9 Å². The lowest BCUT2D eigenvalue weighted by molar-refractivity contribution is -0.131. The first-order valence-electron chi connectivity index (χ1n) is 9.74. The highest BCUT2D eigenvalue weighted by Gasteiger charge is 2.31. The molecule has 0 aromatic heterocycles. The third kappa shape index (κ3) is 3.80. The summed E-state index contributed by atoms with van der Waals surface area (Å²) >= 11 is 0. The number of rotatable bonds is 4. The fourth-order valence-electron chi connectivity index (χ4n) is 3.82. The van der Waals surface area contributed by atoms with Gasteiger partial charge in [-0.2, -0.15) is 9.57 Å². The Morgan fingerprint density at radius 2 is 1.57 bits per heavy atom. The molecule has 152 valence electrons. The third-order valence-electron chi connectivity index (χ3n) is 5.44. The minimum absolute atomic E-state index is 0.0131. The van der Waals surface area contributed by atoms with Crippen molar-refractivity contribution < 1.29 is 13.2 Å². The van der Waals surface area contributed by atoms with Gasteiger partial charge in [0.25, 0.3) is 0 Å². The number of nitrogens with zero attached hydrogens (tertiary/aromatic N) is 3. The second-order valence-electron chi connectivity index (χ2n) is 7.21. The average Bonchev–Trinajstić information content (AvgIpc) is 2.79. The number of hydrogen-bond acceptors (Lipinski definition) is 4. The van der Waals surface area contributed by atoms with E-state index in [4.69, 9.17) is 0 Å². The molecule has 30 heavy (non-hydrogen) atoms. The Balaban J connectivity index is 1.45. The van der Waals surface area contributed by atoms with Gasteiger partial charge >= 0.3 is 0 Å². The summed E-state index contributed by atoms with van der Waals surface area (Å²) in [6.45, 7) is 1.09. The molecule has 1 aliphatic heterocycles. The molecule has 0 spiro atoms. The van der Waals surface area contributed by atoms with E-state index < -0.39 is 10.0 Å². The number of sulfonamides is 1. The fourth-order valence-corrected chi connectivity index (χ4v) is 5.39. The molecule has 0 bridgehead atoms. The van der Waals surface area contributed by atoms with Crippen LogP contribution in [0.2, 0.25) is 0 Å². The number of benzene rings is 3. The smallest absolute Gasteiger partial charge is 0.244 e. The lowest BCUT2D eigenvalue weighted by atomic mass is 10.0. The predicted molar refractivity (Wildman–Crippen MR) is 114 cm³/mol. The minimum Gasteiger partial charge on any atom is -0.340 e. The highest BCUT2D eigenvalue weighted by molar-refractivity contribution is 7.89. The zero-order valence-corrected chi connectivity index (χ0v) is 17.2. The van der Waals surface area contributed by atoms with Gasteiger partial charge in [0.15, 0.2) is 0 Å². The minimum atomic E-state index is -3.77. The lowest BCUT2D eigenvalue weighted by Gasteiger charge is -2.34. The van der Waals surface area contributed by atoms with E-state index in [1.54, 1.807) is 17.0 Å². The van der Waals surface area contributed by atoms with Crippen LogP contribution in [-0.2, 0) is 21.2 Å². The van der Waals surface area contributed by atoms with Crippen LogP contribution in [0.5, 0.6) is 0 Å². The summed E-state index contributed by atoms with van der Waals surface area (Å²) in [5.41, 5.74) is 1.10. The Morgan fingerprint density at radius 3 is 2.33 bits per heavy atom. The van der Waals surface area contributed by atoms with E-state index >= 15 is 0 Å². The monoisotopic (exact) mass is 419 g/mol. The largest absolute Gasteiger partial charge is 0.340 e. The van der Waals surface area contributed by atoms with Gasteiger partial charge in [-0.05, 0) is 28.5 Å². The van der Waals surface area contributed by atoms with Crippen LogP contribution in [0.15, 0.2) is 71.6 Å². The number of carbonyl (C=O) groups excluding carboxylic acids is 1. The van der Waals surface area contributed by atoms with Gasteiger partial charge in [0.05, 0.1) is 16.9 Å². The Morgan fingerprint density at radius 1 is 0.900 bits per heavy atom. The molecule has 7 heteroatoms. The number of amides is 1. The number of carbonyl (C=O) groups is 1. The van der Waals surface area contributed by atoms with Crippen molar-refractivity contribution in [3.8, 4) is 6.07 Å². The van der Waals surface area contributed by atoms with Crippen LogP contribution in [0, 0.1) is 11.3 Å². The maximum Gasteiger partial charge on any atom is 0.244 e. The first-order chi connectivity index (χ1) is 14.5. The second kappa shape index (κ2) is 8.27. The molecule has 0 unspecified atom stereocenters. The standard InChI is InChI=1S/C23H21N3O3S/c24-17-20-7-2-4-11-22(20)30(28,29)26-14-12-25(13-15-26)23(27)16-19-9-5-8-18-6-1-3-10-21(18)19/h1-11H,12-16H2. The van der Waals surface area contributed by atoms with Crippen LogP contribution < -0.4 is 0 Å². The third-order valence-corrected chi connectivity index (χ3v) is 7.40. The summed E-state index contributed by atoms with van der Waals surface area (Å²) in [6.07, 6.45) is 0.283. The van der Waals surface area contributed by atoms with Crippen LogP contribution in [-0.4, -0.2) is 49.7 Å². The van der Waals surface area contributed by atoms with Gasteiger partial charge in [0, 0.05) is 26.2 Å². The summed E-state index contributed by atoms with van der Waals surface area (Å²) in [4.78, 5) is 14.6. The van der Waals surface area contributed by atoms with E-state index in [2.05, 4.69) is 0 Å². The highest BCUT2D eigenvalue weighted by Crippen LogP contribution is 2.22. The first-order valence-corrected chi connectivity index (χ1v) is 11.2. The van der Waals surface area contributed by atoms with Crippen LogP contribution in [0.1, 0.15) is 11.1 Å². The summed E-state index contributed by atoms with van der Waals surface area (Å²) in [5.74, 6) is -0.0131. The van der Waals surface area contributed by atoms with E-state index in [1.165, 1.54) is 16.4 Å². The molecule has 0 aliphatic carbocycles. The molecule has 1 aliphatic rings. The number of piperazine rings is 1. The van der Waals surface area contributed by atoms with Gasteiger partial charge < -0.3 is 4.90 Å². The lowest BCUT2D eigenvalue weighted by Crippen LogP contribution is -2.50. The van der Waals surface area contributed by atoms with E-state index in [1.807, 2.05) is 48.5 Å². The second-order valence-corrected chi connectivity index (χ2v) is 9.11.